The fourth-order valence-corrected chi connectivity index (χ4v) is 1.91. The zero-order chi connectivity index (χ0) is 10.5. The van der Waals surface area contributed by atoms with Crippen molar-refractivity contribution in [1.29, 1.82) is 0 Å². The summed E-state index contributed by atoms with van der Waals surface area (Å²) in [5.41, 5.74) is 2.40. The molecule has 0 radical (unpaired) electrons. The van der Waals surface area contributed by atoms with Gasteiger partial charge < -0.3 is 4.74 Å². The van der Waals surface area contributed by atoms with Crippen molar-refractivity contribution < 1.29 is 4.74 Å². The third-order valence-electron chi connectivity index (χ3n) is 2.79. The Labute approximate surface area is 91.0 Å². The van der Waals surface area contributed by atoms with Crippen LogP contribution in [0.3, 0.4) is 0 Å². The Morgan fingerprint density at radius 1 is 1.00 bits per heavy atom. The number of hydrogen-bond donors (Lipinski definition) is 0. The van der Waals surface area contributed by atoms with Gasteiger partial charge in [0, 0.05) is 5.71 Å². The quantitative estimate of drug-likeness (QED) is 0.717. The molecular formula is C13H17NO. The molecular weight excluding hydrogens is 186 g/mol. The van der Waals surface area contributed by atoms with E-state index in [4.69, 9.17) is 4.74 Å². The highest BCUT2D eigenvalue weighted by atomic mass is 16.5. The lowest BCUT2D eigenvalue weighted by atomic mass is 9.98. The lowest BCUT2D eigenvalue weighted by Gasteiger charge is -2.12. The number of rotatable bonds is 2. The highest BCUT2D eigenvalue weighted by Gasteiger charge is 2.06. The Morgan fingerprint density at radius 3 is 2.27 bits per heavy atom. The zero-order valence-electron chi connectivity index (χ0n) is 9.20. The van der Waals surface area contributed by atoms with Crippen LogP contribution in [0.25, 0.3) is 0 Å². The summed E-state index contributed by atoms with van der Waals surface area (Å²) >= 11 is 0. The Morgan fingerprint density at radius 2 is 1.67 bits per heavy atom. The van der Waals surface area contributed by atoms with E-state index in [1.807, 2.05) is 24.3 Å². The van der Waals surface area contributed by atoms with Gasteiger partial charge in [0.2, 0.25) is 0 Å². The minimum absolute atomic E-state index is 0.891. The van der Waals surface area contributed by atoms with Gasteiger partial charge in [0.1, 0.15) is 5.75 Å². The van der Waals surface area contributed by atoms with E-state index in [9.17, 15) is 0 Å². The summed E-state index contributed by atoms with van der Waals surface area (Å²) in [7, 11) is 1.68. The van der Waals surface area contributed by atoms with Gasteiger partial charge in [-0.2, -0.15) is 0 Å². The second kappa shape index (κ2) is 4.96. The molecule has 1 aliphatic carbocycles. The van der Waals surface area contributed by atoms with Crippen LogP contribution in [-0.4, -0.2) is 12.8 Å². The fraction of sp³-hybridized carbons (Fsp3) is 0.462. The maximum absolute atomic E-state index is 5.11. The van der Waals surface area contributed by atoms with Crippen molar-refractivity contribution in [3.8, 4) is 5.75 Å². The van der Waals surface area contributed by atoms with Crippen LogP contribution in [0, 0.1) is 0 Å². The Hall–Kier alpha value is -1.31. The summed E-state index contributed by atoms with van der Waals surface area (Å²) in [6.45, 7) is 0. The molecule has 0 N–H and O–H groups in total. The third-order valence-corrected chi connectivity index (χ3v) is 2.79. The van der Waals surface area contributed by atoms with Crippen molar-refractivity contribution >= 4 is 11.4 Å². The van der Waals surface area contributed by atoms with Gasteiger partial charge in [0.05, 0.1) is 12.8 Å². The predicted molar refractivity (Wildman–Crippen MR) is 63.2 cm³/mol. The van der Waals surface area contributed by atoms with Gasteiger partial charge in [-0.25, -0.2) is 0 Å². The smallest absolute Gasteiger partial charge is 0.119 e. The molecule has 2 nitrogen and oxygen atoms in total. The Kier molecular flexibility index (Phi) is 3.38. The maximum Gasteiger partial charge on any atom is 0.119 e. The molecule has 1 aromatic carbocycles. The first-order valence-electron chi connectivity index (χ1n) is 5.59. The van der Waals surface area contributed by atoms with Crippen LogP contribution in [0.2, 0.25) is 0 Å². The normalized spacial score (nSPS) is 16.2. The summed E-state index contributed by atoms with van der Waals surface area (Å²) < 4.78 is 5.11. The van der Waals surface area contributed by atoms with Crippen molar-refractivity contribution in [1.82, 2.24) is 0 Å². The van der Waals surface area contributed by atoms with Crippen molar-refractivity contribution in [3.05, 3.63) is 24.3 Å². The lowest BCUT2D eigenvalue weighted by molar-refractivity contribution is 0.415. The van der Waals surface area contributed by atoms with E-state index in [1.165, 1.54) is 37.8 Å². The van der Waals surface area contributed by atoms with Gasteiger partial charge in [-0.1, -0.05) is 6.42 Å². The van der Waals surface area contributed by atoms with E-state index < -0.39 is 0 Å². The molecule has 0 saturated heterocycles. The SMILES string of the molecule is COc1ccc(N=C2CCCCC2)cc1. The molecule has 1 aromatic rings. The molecule has 0 spiro atoms. The summed E-state index contributed by atoms with van der Waals surface area (Å²) in [4.78, 5) is 4.65. The van der Waals surface area contributed by atoms with E-state index in [0.717, 1.165) is 11.4 Å². The van der Waals surface area contributed by atoms with Gasteiger partial charge in [-0.15, -0.1) is 0 Å². The van der Waals surface area contributed by atoms with Crippen LogP contribution in [0.1, 0.15) is 32.1 Å². The first kappa shape index (κ1) is 10.2. The molecule has 80 valence electrons. The van der Waals surface area contributed by atoms with Crippen molar-refractivity contribution in [2.75, 3.05) is 7.11 Å². The van der Waals surface area contributed by atoms with E-state index >= 15 is 0 Å². The van der Waals surface area contributed by atoms with Gasteiger partial charge in [-0.3, -0.25) is 4.99 Å². The number of methoxy groups -OCH3 is 1. The summed E-state index contributed by atoms with van der Waals surface area (Å²) in [5, 5.41) is 0. The Balaban J connectivity index is 2.08. The number of benzene rings is 1. The molecule has 1 fully saturated rings. The number of ether oxygens (including phenoxy) is 1. The van der Waals surface area contributed by atoms with Crippen LogP contribution in [0.4, 0.5) is 5.69 Å². The Bertz CT molecular complexity index is 332. The topological polar surface area (TPSA) is 21.6 Å². The third kappa shape index (κ3) is 2.82. The molecule has 1 saturated carbocycles. The number of aliphatic imine (C=N–C) groups is 1. The standard InChI is InChI=1S/C13H17NO/c1-15-13-9-7-12(8-10-13)14-11-5-3-2-4-6-11/h7-10H,2-6H2,1H3. The largest absolute Gasteiger partial charge is 0.497 e. The van der Waals surface area contributed by atoms with Crippen LogP contribution >= 0.6 is 0 Å². The van der Waals surface area contributed by atoms with Crippen LogP contribution in [0.15, 0.2) is 29.3 Å². The first-order chi connectivity index (χ1) is 7.38. The average Bonchev–Trinajstić information content (AvgIpc) is 2.31. The second-order valence-electron chi connectivity index (χ2n) is 3.94. The van der Waals surface area contributed by atoms with Crippen LogP contribution in [-0.2, 0) is 0 Å². The highest BCUT2D eigenvalue weighted by molar-refractivity contribution is 5.87. The van der Waals surface area contributed by atoms with Crippen molar-refractivity contribution in [3.63, 3.8) is 0 Å². The maximum atomic E-state index is 5.11. The van der Waals surface area contributed by atoms with Gasteiger partial charge in [0.15, 0.2) is 0 Å². The molecule has 0 bridgehead atoms. The van der Waals surface area contributed by atoms with Gasteiger partial charge >= 0.3 is 0 Å². The fourth-order valence-electron chi connectivity index (χ4n) is 1.91. The van der Waals surface area contributed by atoms with E-state index in [2.05, 4.69) is 4.99 Å². The summed E-state index contributed by atoms with van der Waals surface area (Å²) in [6.07, 6.45) is 6.31. The van der Waals surface area contributed by atoms with E-state index in [0.29, 0.717) is 0 Å². The molecule has 0 aliphatic heterocycles. The molecule has 15 heavy (non-hydrogen) atoms. The molecule has 1 aliphatic rings. The lowest BCUT2D eigenvalue weighted by Crippen LogP contribution is -2.03. The molecule has 2 heteroatoms. The first-order valence-corrected chi connectivity index (χ1v) is 5.59. The summed E-state index contributed by atoms with van der Waals surface area (Å²) in [5.74, 6) is 0.891. The molecule has 0 atom stereocenters. The van der Waals surface area contributed by atoms with Crippen molar-refractivity contribution in [2.24, 2.45) is 4.99 Å². The van der Waals surface area contributed by atoms with Crippen LogP contribution < -0.4 is 4.74 Å². The molecule has 0 aromatic heterocycles. The number of nitrogens with zero attached hydrogens (tertiary/aromatic N) is 1. The molecule has 0 amide bonds. The number of hydrogen-bond acceptors (Lipinski definition) is 2. The van der Waals surface area contributed by atoms with E-state index in [-0.39, 0.29) is 0 Å². The van der Waals surface area contributed by atoms with Crippen LogP contribution in [0.5, 0.6) is 5.75 Å². The van der Waals surface area contributed by atoms with Gasteiger partial charge in [0.25, 0.3) is 0 Å². The minimum Gasteiger partial charge on any atom is -0.497 e. The molecule has 0 heterocycles. The highest BCUT2D eigenvalue weighted by Crippen LogP contribution is 2.21. The average molecular weight is 203 g/mol. The molecule has 2 rings (SSSR count). The monoisotopic (exact) mass is 203 g/mol. The van der Waals surface area contributed by atoms with Crippen molar-refractivity contribution in [2.45, 2.75) is 32.1 Å². The second-order valence-corrected chi connectivity index (χ2v) is 3.94. The summed E-state index contributed by atoms with van der Waals surface area (Å²) in [6, 6.07) is 7.95. The van der Waals surface area contributed by atoms with Gasteiger partial charge in [-0.05, 0) is 49.9 Å². The zero-order valence-corrected chi connectivity index (χ0v) is 9.20. The predicted octanol–water partition coefficient (Wildman–Crippen LogP) is 3.73. The molecule has 0 unspecified atom stereocenters. The minimum atomic E-state index is 0.891. The van der Waals surface area contributed by atoms with E-state index in [1.54, 1.807) is 7.11 Å².